The maximum atomic E-state index is 13.6. The molecule has 0 saturated carbocycles. The van der Waals surface area contributed by atoms with E-state index in [1.165, 1.54) is 19.3 Å². The van der Waals surface area contributed by atoms with Crippen molar-refractivity contribution in [2.45, 2.75) is 58.4 Å². The minimum absolute atomic E-state index is 0.0220. The second-order valence-electron chi connectivity index (χ2n) is 5.29. The van der Waals surface area contributed by atoms with E-state index in [9.17, 15) is 18.9 Å². The van der Waals surface area contributed by atoms with E-state index >= 15 is 0 Å². The Balaban J connectivity index is 2.57. The molecule has 1 atom stereocenters. The number of nitrogens with one attached hydrogen (secondary N) is 1. The maximum Gasteiger partial charge on any atom is 0.307 e. The van der Waals surface area contributed by atoms with Crippen LogP contribution in [0, 0.1) is 21.7 Å². The molecule has 0 fully saturated rings. The van der Waals surface area contributed by atoms with Gasteiger partial charge < -0.3 is 5.32 Å². The first-order valence-corrected chi connectivity index (χ1v) is 7.35. The highest BCUT2D eigenvalue weighted by Gasteiger charge is 2.19. The van der Waals surface area contributed by atoms with Gasteiger partial charge in [-0.15, -0.1) is 0 Å². The van der Waals surface area contributed by atoms with Crippen LogP contribution in [0.2, 0.25) is 0 Å². The first-order valence-electron chi connectivity index (χ1n) is 7.35. The number of anilines is 1. The summed E-state index contributed by atoms with van der Waals surface area (Å²) in [5.74, 6) is -1.97. The minimum atomic E-state index is -1.16. The molecule has 0 radical (unpaired) electrons. The molecule has 1 rings (SSSR count). The summed E-state index contributed by atoms with van der Waals surface area (Å²) in [6.45, 7) is 4.03. The standard InChI is InChI=1S/C15H22F2N2O2/c1-3-4-5-6-7-8-11(2)18-14-10-15(19(20)21)13(17)9-12(14)16/h9-11,18H,3-8H2,1-2H3. The molecule has 21 heavy (non-hydrogen) atoms. The van der Waals surface area contributed by atoms with Crippen molar-refractivity contribution in [1.29, 1.82) is 0 Å². The molecule has 6 heteroatoms. The molecule has 0 aromatic heterocycles. The number of benzene rings is 1. The molecule has 4 nitrogen and oxygen atoms in total. The van der Waals surface area contributed by atoms with E-state index in [-0.39, 0.29) is 11.7 Å². The van der Waals surface area contributed by atoms with E-state index in [2.05, 4.69) is 12.2 Å². The van der Waals surface area contributed by atoms with Crippen LogP contribution in [0.3, 0.4) is 0 Å². The van der Waals surface area contributed by atoms with Gasteiger partial charge in [0.2, 0.25) is 5.82 Å². The third-order valence-corrected chi connectivity index (χ3v) is 3.38. The molecular weight excluding hydrogens is 278 g/mol. The zero-order valence-electron chi connectivity index (χ0n) is 12.5. The van der Waals surface area contributed by atoms with Gasteiger partial charge in [-0.3, -0.25) is 10.1 Å². The lowest BCUT2D eigenvalue weighted by atomic mass is 10.1. The van der Waals surface area contributed by atoms with Crippen LogP contribution >= 0.6 is 0 Å². The van der Waals surface area contributed by atoms with Crippen molar-refractivity contribution < 1.29 is 13.7 Å². The Labute approximate surface area is 123 Å². The van der Waals surface area contributed by atoms with Gasteiger partial charge in [0.1, 0.15) is 5.82 Å². The summed E-state index contributed by atoms with van der Waals surface area (Å²) in [5, 5.41) is 13.5. The monoisotopic (exact) mass is 300 g/mol. The number of hydrogen-bond donors (Lipinski definition) is 1. The van der Waals surface area contributed by atoms with E-state index in [4.69, 9.17) is 0 Å². The molecule has 0 spiro atoms. The summed E-state index contributed by atoms with van der Waals surface area (Å²) in [4.78, 5) is 9.81. The fraction of sp³-hybridized carbons (Fsp3) is 0.600. The van der Waals surface area contributed by atoms with E-state index < -0.39 is 22.2 Å². The molecule has 0 saturated heterocycles. The number of halogens is 2. The van der Waals surface area contributed by atoms with Crippen LogP contribution in [0.4, 0.5) is 20.2 Å². The van der Waals surface area contributed by atoms with Crippen molar-refractivity contribution in [3.8, 4) is 0 Å². The number of nitrogens with zero attached hydrogens (tertiary/aromatic N) is 1. The Morgan fingerprint density at radius 3 is 2.48 bits per heavy atom. The SMILES string of the molecule is CCCCCCCC(C)Nc1cc([N+](=O)[O-])c(F)cc1F. The van der Waals surface area contributed by atoms with Gasteiger partial charge in [0.25, 0.3) is 0 Å². The largest absolute Gasteiger partial charge is 0.380 e. The summed E-state index contributed by atoms with van der Waals surface area (Å²) in [6.07, 6.45) is 6.54. The first kappa shape index (κ1) is 17.3. The number of nitro benzene ring substituents is 1. The molecule has 1 aromatic carbocycles. The molecule has 0 aliphatic heterocycles. The lowest BCUT2D eigenvalue weighted by Crippen LogP contribution is -2.16. The Morgan fingerprint density at radius 2 is 1.86 bits per heavy atom. The topological polar surface area (TPSA) is 55.2 Å². The molecule has 118 valence electrons. The minimum Gasteiger partial charge on any atom is -0.380 e. The van der Waals surface area contributed by atoms with E-state index in [1.807, 2.05) is 6.92 Å². The van der Waals surface area contributed by atoms with Crippen LogP contribution in [0.1, 0.15) is 52.4 Å². The van der Waals surface area contributed by atoms with Gasteiger partial charge in [-0.25, -0.2) is 4.39 Å². The van der Waals surface area contributed by atoms with Crippen LogP contribution in [-0.2, 0) is 0 Å². The highest BCUT2D eigenvalue weighted by Crippen LogP contribution is 2.26. The third-order valence-electron chi connectivity index (χ3n) is 3.38. The smallest absolute Gasteiger partial charge is 0.307 e. The lowest BCUT2D eigenvalue weighted by molar-refractivity contribution is -0.387. The molecule has 0 aliphatic carbocycles. The Kier molecular flexibility index (Phi) is 7.05. The number of unbranched alkanes of at least 4 members (excludes halogenated alkanes) is 4. The van der Waals surface area contributed by atoms with Crippen LogP contribution in [0.5, 0.6) is 0 Å². The zero-order valence-corrected chi connectivity index (χ0v) is 12.5. The first-order chi connectivity index (χ1) is 9.95. The molecule has 1 unspecified atom stereocenters. The van der Waals surface area contributed by atoms with Crippen molar-refractivity contribution in [1.82, 2.24) is 0 Å². The Morgan fingerprint density at radius 1 is 1.19 bits per heavy atom. The van der Waals surface area contributed by atoms with Gasteiger partial charge >= 0.3 is 5.69 Å². The third kappa shape index (κ3) is 5.65. The number of nitro groups is 1. The van der Waals surface area contributed by atoms with Crippen molar-refractivity contribution in [3.05, 3.63) is 33.9 Å². The van der Waals surface area contributed by atoms with Gasteiger partial charge in [0.15, 0.2) is 0 Å². The average Bonchev–Trinajstić information content (AvgIpc) is 2.41. The summed E-state index contributed by atoms with van der Waals surface area (Å²) >= 11 is 0. The van der Waals surface area contributed by atoms with Crippen molar-refractivity contribution >= 4 is 11.4 Å². The predicted molar refractivity (Wildman–Crippen MR) is 79.5 cm³/mol. The molecule has 1 aromatic rings. The van der Waals surface area contributed by atoms with Gasteiger partial charge in [-0.1, -0.05) is 39.0 Å². The fourth-order valence-electron chi connectivity index (χ4n) is 2.18. The normalized spacial score (nSPS) is 12.2. The summed E-state index contributed by atoms with van der Waals surface area (Å²) in [7, 11) is 0. The quantitative estimate of drug-likeness (QED) is 0.395. The summed E-state index contributed by atoms with van der Waals surface area (Å²) < 4.78 is 26.8. The zero-order chi connectivity index (χ0) is 15.8. The van der Waals surface area contributed by atoms with Gasteiger partial charge in [0.05, 0.1) is 10.6 Å². The number of rotatable bonds is 9. The van der Waals surface area contributed by atoms with Crippen LogP contribution in [0.15, 0.2) is 12.1 Å². The molecule has 0 aliphatic rings. The van der Waals surface area contributed by atoms with Gasteiger partial charge in [-0.05, 0) is 13.3 Å². The van der Waals surface area contributed by atoms with E-state index in [1.54, 1.807) is 0 Å². The van der Waals surface area contributed by atoms with Gasteiger partial charge in [0, 0.05) is 18.2 Å². The predicted octanol–water partition coefficient (Wildman–Crippen LogP) is 5.03. The molecule has 0 amide bonds. The van der Waals surface area contributed by atoms with Crippen LogP contribution in [0.25, 0.3) is 0 Å². The molecule has 0 bridgehead atoms. The Hall–Kier alpha value is -1.72. The molecular formula is C15H22F2N2O2. The van der Waals surface area contributed by atoms with Crippen molar-refractivity contribution in [3.63, 3.8) is 0 Å². The van der Waals surface area contributed by atoms with Crippen molar-refractivity contribution in [2.24, 2.45) is 0 Å². The Bertz CT molecular complexity index is 481. The van der Waals surface area contributed by atoms with Crippen molar-refractivity contribution in [2.75, 3.05) is 5.32 Å². The maximum absolute atomic E-state index is 13.6. The van der Waals surface area contributed by atoms with Crippen LogP contribution < -0.4 is 5.32 Å². The number of hydrogen-bond acceptors (Lipinski definition) is 3. The highest BCUT2D eigenvalue weighted by molar-refractivity contribution is 5.53. The van der Waals surface area contributed by atoms with E-state index in [0.29, 0.717) is 6.07 Å². The van der Waals surface area contributed by atoms with Crippen LogP contribution in [-0.4, -0.2) is 11.0 Å². The summed E-state index contributed by atoms with van der Waals surface area (Å²) in [5.41, 5.74) is -0.738. The molecule has 0 heterocycles. The van der Waals surface area contributed by atoms with Gasteiger partial charge in [-0.2, -0.15) is 4.39 Å². The average molecular weight is 300 g/mol. The second kappa shape index (κ2) is 8.54. The van der Waals surface area contributed by atoms with E-state index in [0.717, 1.165) is 25.3 Å². The highest BCUT2D eigenvalue weighted by atomic mass is 19.1. The molecule has 1 N–H and O–H groups in total. The summed E-state index contributed by atoms with van der Waals surface area (Å²) in [6, 6.07) is 1.44. The fourth-order valence-corrected chi connectivity index (χ4v) is 2.18. The second-order valence-corrected chi connectivity index (χ2v) is 5.29. The lowest BCUT2D eigenvalue weighted by Gasteiger charge is -2.15.